The molecule has 0 N–H and O–H groups in total. The van der Waals surface area contributed by atoms with Gasteiger partial charge in [0.15, 0.2) is 8.68 Å². The maximum Gasteiger partial charge on any atom is 0.254 e. The first kappa shape index (κ1) is 14.4. The summed E-state index contributed by atoms with van der Waals surface area (Å²) in [5.41, 5.74) is 0. The van der Waals surface area contributed by atoms with Crippen molar-refractivity contribution in [3.8, 4) is 6.07 Å². The maximum absolute atomic E-state index is 12.2. The Labute approximate surface area is 110 Å². The van der Waals surface area contributed by atoms with E-state index in [2.05, 4.69) is 4.98 Å². The zero-order valence-electron chi connectivity index (χ0n) is 9.42. The summed E-state index contributed by atoms with van der Waals surface area (Å²) in [4.78, 5) is 3.71. The number of hydrogen-bond acceptors (Lipinski definition) is 5. The molecule has 0 amide bonds. The Morgan fingerprint density at radius 1 is 1.71 bits per heavy atom. The third kappa shape index (κ3) is 3.39. The first-order valence-electron chi connectivity index (χ1n) is 4.93. The van der Waals surface area contributed by atoms with Gasteiger partial charge in [-0.3, -0.25) is 0 Å². The molecule has 1 heterocycles. The minimum Gasteiger partial charge on any atom is -0.232 e. The highest BCUT2D eigenvalue weighted by atomic mass is 35.5. The Bertz CT molecular complexity index is 521. The molecular formula is C9H12ClN3O2S2. The largest absolute Gasteiger partial charge is 0.254 e. The number of nitriles is 1. The highest BCUT2D eigenvalue weighted by Crippen LogP contribution is 2.25. The van der Waals surface area contributed by atoms with Crippen molar-refractivity contribution in [2.24, 2.45) is 5.92 Å². The van der Waals surface area contributed by atoms with Crippen LogP contribution in [0.4, 0.5) is 0 Å². The first-order chi connectivity index (χ1) is 7.91. The molecule has 17 heavy (non-hydrogen) atoms. The lowest BCUT2D eigenvalue weighted by molar-refractivity contribution is 0.401. The number of halogens is 1. The fraction of sp³-hybridized carbons (Fsp3) is 0.556. The Morgan fingerprint density at radius 2 is 2.35 bits per heavy atom. The second-order valence-corrected chi connectivity index (χ2v) is 7.20. The summed E-state index contributed by atoms with van der Waals surface area (Å²) in [5.74, 6) is -0.354. The van der Waals surface area contributed by atoms with Crippen molar-refractivity contribution in [2.75, 3.05) is 13.1 Å². The topological polar surface area (TPSA) is 74.1 Å². The van der Waals surface area contributed by atoms with Gasteiger partial charge in [-0.1, -0.05) is 29.9 Å². The first-order valence-corrected chi connectivity index (χ1v) is 7.56. The van der Waals surface area contributed by atoms with Crippen LogP contribution >= 0.6 is 22.9 Å². The second-order valence-electron chi connectivity index (χ2n) is 3.42. The smallest absolute Gasteiger partial charge is 0.232 e. The van der Waals surface area contributed by atoms with Gasteiger partial charge in [0.1, 0.15) is 0 Å². The minimum atomic E-state index is -3.58. The number of hydrogen-bond donors (Lipinski definition) is 0. The molecule has 0 aliphatic carbocycles. The summed E-state index contributed by atoms with van der Waals surface area (Å²) < 4.78 is 25.9. The number of thiazole rings is 1. The number of rotatable bonds is 5. The molecule has 0 saturated carbocycles. The Hall–Kier alpha value is -0.680. The summed E-state index contributed by atoms with van der Waals surface area (Å²) in [6, 6.07) is 2.01. The molecule has 5 nitrogen and oxygen atoms in total. The third-order valence-corrected chi connectivity index (χ3v) is 5.59. The van der Waals surface area contributed by atoms with Crippen molar-refractivity contribution < 1.29 is 8.42 Å². The van der Waals surface area contributed by atoms with E-state index in [1.54, 1.807) is 13.8 Å². The highest BCUT2D eigenvalue weighted by molar-refractivity contribution is 7.91. The van der Waals surface area contributed by atoms with E-state index < -0.39 is 10.0 Å². The van der Waals surface area contributed by atoms with Gasteiger partial charge in [0.25, 0.3) is 10.0 Å². The van der Waals surface area contributed by atoms with Crippen LogP contribution in [0.3, 0.4) is 0 Å². The van der Waals surface area contributed by atoms with E-state index in [-0.39, 0.29) is 21.1 Å². The van der Waals surface area contributed by atoms with E-state index in [1.807, 2.05) is 6.07 Å². The van der Waals surface area contributed by atoms with E-state index in [0.29, 0.717) is 6.54 Å². The summed E-state index contributed by atoms with van der Waals surface area (Å²) >= 11 is 6.53. The minimum absolute atomic E-state index is 0.106. The van der Waals surface area contributed by atoms with Gasteiger partial charge in [-0.05, 0) is 6.92 Å². The van der Waals surface area contributed by atoms with Gasteiger partial charge in [0.2, 0.25) is 0 Å². The maximum atomic E-state index is 12.2. The molecule has 0 saturated heterocycles. The SMILES string of the molecule is CCN(CC(C)C#N)S(=O)(=O)c1cnc(Cl)s1. The average molecular weight is 294 g/mol. The second kappa shape index (κ2) is 5.78. The molecule has 0 fully saturated rings. The molecule has 1 rings (SSSR count). The van der Waals surface area contributed by atoms with Crippen molar-refractivity contribution in [2.45, 2.75) is 18.1 Å². The van der Waals surface area contributed by atoms with E-state index in [0.717, 1.165) is 11.3 Å². The predicted molar refractivity (Wildman–Crippen MR) is 66.3 cm³/mol. The van der Waals surface area contributed by atoms with Crippen molar-refractivity contribution in [1.29, 1.82) is 5.26 Å². The zero-order valence-corrected chi connectivity index (χ0v) is 11.8. The van der Waals surface area contributed by atoms with Gasteiger partial charge in [0.05, 0.1) is 18.2 Å². The predicted octanol–water partition coefficient (Wildman–Crippen LogP) is 1.97. The Morgan fingerprint density at radius 3 is 2.76 bits per heavy atom. The normalized spacial score (nSPS) is 13.6. The summed E-state index contributed by atoms with van der Waals surface area (Å²) in [7, 11) is -3.58. The van der Waals surface area contributed by atoms with E-state index in [9.17, 15) is 8.42 Å². The van der Waals surface area contributed by atoms with Crippen LogP contribution in [-0.2, 0) is 10.0 Å². The van der Waals surface area contributed by atoms with Gasteiger partial charge >= 0.3 is 0 Å². The van der Waals surface area contributed by atoms with Crippen LogP contribution in [0.2, 0.25) is 4.47 Å². The molecule has 1 aromatic rings. The Balaban J connectivity index is 2.99. The molecular weight excluding hydrogens is 282 g/mol. The standard InChI is InChI=1S/C9H12ClN3O2S2/c1-3-13(6-7(2)4-11)17(14,15)8-5-12-9(10)16-8/h5,7H,3,6H2,1-2H3. The van der Waals surface area contributed by atoms with Crippen LogP contribution in [0, 0.1) is 17.2 Å². The van der Waals surface area contributed by atoms with E-state index in [1.165, 1.54) is 10.5 Å². The molecule has 1 aromatic heterocycles. The van der Waals surface area contributed by atoms with Gasteiger partial charge < -0.3 is 0 Å². The van der Waals surface area contributed by atoms with Crippen LogP contribution in [0.25, 0.3) is 0 Å². The van der Waals surface area contributed by atoms with Crippen molar-refractivity contribution in [3.05, 3.63) is 10.7 Å². The van der Waals surface area contributed by atoms with E-state index in [4.69, 9.17) is 16.9 Å². The summed E-state index contributed by atoms with van der Waals surface area (Å²) in [5, 5.41) is 8.72. The summed E-state index contributed by atoms with van der Waals surface area (Å²) in [6.45, 7) is 3.89. The van der Waals surface area contributed by atoms with E-state index >= 15 is 0 Å². The van der Waals surface area contributed by atoms with Crippen molar-refractivity contribution in [3.63, 3.8) is 0 Å². The van der Waals surface area contributed by atoms with Gasteiger partial charge in [-0.25, -0.2) is 13.4 Å². The van der Waals surface area contributed by atoms with Crippen LogP contribution < -0.4 is 0 Å². The van der Waals surface area contributed by atoms with Gasteiger partial charge in [-0.15, -0.1) is 0 Å². The molecule has 1 atom stereocenters. The third-order valence-electron chi connectivity index (χ3n) is 2.10. The average Bonchev–Trinajstić information content (AvgIpc) is 2.72. The Kier molecular flexibility index (Phi) is 4.89. The van der Waals surface area contributed by atoms with Crippen LogP contribution in [0.1, 0.15) is 13.8 Å². The lowest BCUT2D eigenvalue weighted by atomic mass is 10.2. The zero-order chi connectivity index (χ0) is 13.1. The molecule has 0 aliphatic heterocycles. The molecule has 0 aromatic carbocycles. The van der Waals surface area contributed by atoms with Crippen molar-refractivity contribution in [1.82, 2.24) is 9.29 Å². The van der Waals surface area contributed by atoms with Gasteiger partial charge in [-0.2, -0.15) is 9.57 Å². The molecule has 0 bridgehead atoms. The summed E-state index contributed by atoms with van der Waals surface area (Å²) in [6.07, 6.45) is 1.24. The molecule has 0 spiro atoms. The number of nitrogens with zero attached hydrogens (tertiary/aromatic N) is 3. The quantitative estimate of drug-likeness (QED) is 0.832. The highest BCUT2D eigenvalue weighted by Gasteiger charge is 2.26. The molecule has 94 valence electrons. The van der Waals surface area contributed by atoms with Crippen LogP contribution in [-0.4, -0.2) is 30.8 Å². The number of aromatic nitrogens is 1. The monoisotopic (exact) mass is 293 g/mol. The fourth-order valence-electron chi connectivity index (χ4n) is 1.23. The van der Waals surface area contributed by atoms with Crippen molar-refractivity contribution >= 4 is 33.0 Å². The van der Waals surface area contributed by atoms with Crippen LogP contribution in [0.15, 0.2) is 10.4 Å². The lowest BCUT2D eigenvalue weighted by Crippen LogP contribution is -2.33. The molecule has 0 aliphatic rings. The molecule has 0 radical (unpaired) electrons. The fourth-order valence-corrected chi connectivity index (χ4v) is 4.22. The lowest BCUT2D eigenvalue weighted by Gasteiger charge is -2.20. The molecule has 1 unspecified atom stereocenters. The van der Waals surface area contributed by atoms with Crippen LogP contribution in [0.5, 0.6) is 0 Å². The van der Waals surface area contributed by atoms with Gasteiger partial charge in [0, 0.05) is 13.1 Å². The number of sulfonamides is 1. The molecule has 8 heteroatoms.